The maximum Gasteiger partial charge on any atom is 0.239 e. The SMILES string of the molecule is Cc1ccc(NC(=O)C(C)(C)C(=O)Nc2ccc(OC(C)C)cc2)cc1Cl. The third-order valence-electron chi connectivity index (χ3n) is 4.05. The number of rotatable bonds is 6. The number of hydrogen-bond acceptors (Lipinski definition) is 3. The van der Waals surface area contributed by atoms with Gasteiger partial charge in [0.2, 0.25) is 11.8 Å². The van der Waals surface area contributed by atoms with E-state index in [-0.39, 0.29) is 6.10 Å². The molecule has 144 valence electrons. The lowest BCUT2D eigenvalue weighted by atomic mass is 9.90. The average Bonchev–Trinajstić information content (AvgIpc) is 2.59. The first-order valence-electron chi connectivity index (χ1n) is 8.75. The number of nitrogens with one attached hydrogen (secondary N) is 2. The molecule has 2 aromatic carbocycles. The first kappa shape index (κ1) is 20.8. The molecule has 0 spiro atoms. The fourth-order valence-corrected chi connectivity index (χ4v) is 2.42. The zero-order valence-corrected chi connectivity index (χ0v) is 17.0. The van der Waals surface area contributed by atoms with Crippen molar-refractivity contribution in [2.45, 2.75) is 40.7 Å². The molecule has 0 bridgehead atoms. The van der Waals surface area contributed by atoms with Gasteiger partial charge < -0.3 is 15.4 Å². The molecule has 6 heteroatoms. The van der Waals surface area contributed by atoms with Gasteiger partial charge in [0.15, 0.2) is 0 Å². The van der Waals surface area contributed by atoms with E-state index in [9.17, 15) is 9.59 Å². The van der Waals surface area contributed by atoms with Gasteiger partial charge in [-0.3, -0.25) is 9.59 Å². The summed E-state index contributed by atoms with van der Waals surface area (Å²) in [6, 6.07) is 12.3. The van der Waals surface area contributed by atoms with Crippen molar-refractivity contribution in [2.24, 2.45) is 5.41 Å². The molecular formula is C21H25ClN2O3. The third-order valence-corrected chi connectivity index (χ3v) is 4.46. The molecule has 2 amide bonds. The minimum absolute atomic E-state index is 0.0725. The molecule has 2 N–H and O–H groups in total. The lowest BCUT2D eigenvalue weighted by molar-refractivity contribution is -0.135. The van der Waals surface area contributed by atoms with Gasteiger partial charge >= 0.3 is 0 Å². The Morgan fingerprint density at radius 3 is 2.00 bits per heavy atom. The van der Waals surface area contributed by atoms with Gasteiger partial charge in [-0.15, -0.1) is 0 Å². The summed E-state index contributed by atoms with van der Waals surface area (Å²) in [5.41, 5.74) is 0.781. The molecule has 0 atom stereocenters. The van der Waals surface area contributed by atoms with Crippen molar-refractivity contribution >= 4 is 34.8 Å². The first-order valence-corrected chi connectivity index (χ1v) is 9.13. The number of hydrogen-bond donors (Lipinski definition) is 2. The van der Waals surface area contributed by atoms with Crippen LogP contribution in [0.1, 0.15) is 33.3 Å². The molecule has 0 aromatic heterocycles. The van der Waals surface area contributed by atoms with Crippen LogP contribution in [0.15, 0.2) is 42.5 Å². The largest absolute Gasteiger partial charge is 0.491 e. The fraction of sp³-hybridized carbons (Fsp3) is 0.333. The quantitative estimate of drug-likeness (QED) is 0.681. The molecule has 0 saturated carbocycles. The first-order chi connectivity index (χ1) is 12.6. The Hall–Kier alpha value is -2.53. The number of halogens is 1. The van der Waals surface area contributed by atoms with Crippen LogP contribution in [0.3, 0.4) is 0 Å². The van der Waals surface area contributed by atoms with Crippen LogP contribution < -0.4 is 15.4 Å². The zero-order valence-electron chi connectivity index (χ0n) is 16.2. The monoisotopic (exact) mass is 388 g/mol. The Kier molecular flexibility index (Phi) is 6.50. The summed E-state index contributed by atoms with van der Waals surface area (Å²) >= 11 is 6.08. The highest BCUT2D eigenvalue weighted by Crippen LogP contribution is 2.25. The number of amides is 2. The summed E-state index contributed by atoms with van der Waals surface area (Å²) in [6.45, 7) is 8.91. The number of carbonyl (C=O) groups excluding carboxylic acids is 2. The topological polar surface area (TPSA) is 67.4 Å². The van der Waals surface area contributed by atoms with Gasteiger partial charge in [-0.05, 0) is 76.6 Å². The van der Waals surface area contributed by atoms with E-state index in [0.717, 1.165) is 11.3 Å². The highest BCUT2D eigenvalue weighted by atomic mass is 35.5. The maximum atomic E-state index is 12.6. The highest BCUT2D eigenvalue weighted by Gasteiger charge is 2.36. The van der Waals surface area contributed by atoms with Gasteiger partial charge in [0.05, 0.1) is 6.10 Å². The molecule has 0 saturated heterocycles. The summed E-state index contributed by atoms with van der Waals surface area (Å²) in [5, 5.41) is 6.07. The minimum Gasteiger partial charge on any atom is -0.491 e. The van der Waals surface area contributed by atoms with Crippen molar-refractivity contribution in [1.29, 1.82) is 0 Å². The molecule has 2 aromatic rings. The summed E-state index contributed by atoms with van der Waals surface area (Å²) in [6.07, 6.45) is 0.0725. The smallest absolute Gasteiger partial charge is 0.239 e. The molecule has 0 aliphatic rings. The fourth-order valence-electron chi connectivity index (χ4n) is 2.24. The van der Waals surface area contributed by atoms with E-state index in [1.54, 1.807) is 50.2 Å². The molecule has 0 fully saturated rings. The van der Waals surface area contributed by atoms with Crippen LogP contribution in [0.4, 0.5) is 11.4 Å². The van der Waals surface area contributed by atoms with Crippen molar-refractivity contribution in [2.75, 3.05) is 10.6 Å². The van der Waals surface area contributed by atoms with Crippen molar-refractivity contribution in [1.82, 2.24) is 0 Å². The van der Waals surface area contributed by atoms with Gasteiger partial charge in [0.25, 0.3) is 0 Å². The van der Waals surface area contributed by atoms with E-state index in [2.05, 4.69) is 10.6 Å². The Morgan fingerprint density at radius 1 is 0.963 bits per heavy atom. The van der Waals surface area contributed by atoms with Gasteiger partial charge in [0.1, 0.15) is 11.2 Å². The van der Waals surface area contributed by atoms with Crippen molar-refractivity contribution in [3.63, 3.8) is 0 Å². The van der Waals surface area contributed by atoms with E-state index in [0.29, 0.717) is 16.4 Å². The lowest BCUT2D eigenvalue weighted by Crippen LogP contribution is -2.41. The summed E-state index contributed by atoms with van der Waals surface area (Å²) in [4.78, 5) is 25.2. The summed E-state index contributed by atoms with van der Waals surface area (Å²) in [5.74, 6) is -0.105. The molecule has 0 heterocycles. The molecule has 5 nitrogen and oxygen atoms in total. The maximum absolute atomic E-state index is 12.6. The van der Waals surface area contributed by atoms with Crippen molar-refractivity contribution in [3.05, 3.63) is 53.1 Å². The van der Waals surface area contributed by atoms with Gasteiger partial charge in [-0.1, -0.05) is 17.7 Å². The number of benzene rings is 2. The average molecular weight is 389 g/mol. The predicted octanol–water partition coefficient (Wildman–Crippen LogP) is 5.04. The second-order valence-corrected chi connectivity index (χ2v) is 7.60. The normalized spacial score (nSPS) is 11.2. The Balaban J connectivity index is 2.04. The van der Waals surface area contributed by atoms with Crippen LogP contribution in [-0.4, -0.2) is 17.9 Å². The van der Waals surface area contributed by atoms with Crippen LogP contribution in [-0.2, 0) is 9.59 Å². The molecule has 2 rings (SSSR count). The highest BCUT2D eigenvalue weighted by molar-refractivity contribution is 6.31. The molecule has 0 aliphatic heterocycles. The van der Waals surface area contributed by atoms with E-state index >= 15 is 0 Å². The summed E-state index contributed by atoms with van der Waals surface area (Å²) < 4.78 is 5.58. The molecule has 0 radical (unpaired) electrons. The summed E-state index contributed by atoms with van der Waals surface area (Å²) in [7, 11) is 0. The standard InChI is InChI=1S/C21H25ClN2O3/c1-13(2)27-17-10-8-15(9-11-17)23-19(25)21(4,5)20(26)24-16-7-6-14(3)18(22)12-16/h6-13H,1-5H3,(H,23,25)(H,24,26). The van der Waals surface area contributed by atoms with E-state index < -0.39 is 17.2 Å². The Morgan fingerprint density at radius 2 is 1.48 bits per heavy atom. The van der Waals surface area contributed by atoms with E-state index in [1.165, 1.54) is 0 Å². The van der Waals surface area contributed by atoms with Crippen molar-refractivity contribution < 1.29 is 14.3 Å². The van der Waals surface area contributed by atoms with E-state index in [4.69, 9.17) is 16.3 Å². The number of ether oxygens (including phenoxy) is 1. The molecule has 0 unspecified atom stereocenters. The second kappa shape index (κ2) is 8.44. The minimum atomic E-state index is -1.27. The van der Waals surface area contributed by atoms with Crippen LogP contribution in [0.5, 0.6) is 5.75 Å². The lowest BCUT2D eigenvalue weighted by Gasteiger charge is -2.23. The second-order valence-electron chi connectivity index (χ2n) is 7.19. The van der Waals surface area contributed by atoms with Crippen LogP contribution >= 0.6 is 11.6 Å². The molecular weight excluding hydrogens is 364 g/mol. The van der Waals surface area contributed by atoms with Crippen LogP contribution in [0.2, 0.25) is 5.02 Å². The van der Waals surface area contributed by atoms with Crippen molar-refractivity contribution in [3.8, 4) is 5.75 Å². The Labute approximate surface area is 165 Å². The molecule has 0 aliphatic carbocycles. The zero-order chi connectivity index (χ0) is 20.2. The molecule has 27 heavy (non-hydrogen) atoms. The van der Waals surface area contributed by atoms with Gasteiger partial charge in [0, 0.05) is 16.4 Å². The third kappa shape index (κ3) is 5.47. The van der Waals surface area contributed by atoms with Crippen LogP contribution in [0.25, 0.3) is 0 Å². The Bertz CT molecular complexity index is 830. The number of carbonyl (C=O) groups is 2. The van der Waals surface area contributed by atoms with Crippen LogP contribution in [0, 0.1) is 12.3 Å². The number of anilines is 2. The van der Waals surface area contributed by atoms with E-state index in [1.807, 2.05) is 26.8 Å². The number of aryl methyl sites for hydroxylation is 1. The predicted molar refractivity (Wildman–Crippen MR) is 109 cm³/mol. The van der Waals surface area contributed by atoms with Gasteiger partial charge in [-0.2, -0.15) is 0 Å². The van der Waals surface area contributed by atoms with Gasteiger partial charge in [-0.25, -0.2) is 0 Å².